The van der Waals surface area contributed by atoms with Crippen molar-refractivity contribution in [2.24, 2.45) is 12.0 Å². The normalized spacial score (nSPS) is 18.4. The van der Waals surface area contributed by atoms with Gasteiger partial charge in [-0.2, -0.15) is 5.10 Å². The molecule has 7 heteroatoms. The molecule has 0 radical (unpaired) electrons. The Morgan fingerprint density at radius 1 is 1.46 bits per heavy atom. The lowest BCUT2D eigenvalue weighted by atomic mass is 10.0. The Kier molecular flexibility index (Phi) is 4.87. The second-order valence-electron chi connectivity index (χ2n) is 6.41. The van der Waals surface area contributed by atoms with E-state index in [0.29, 0.717) is 5.92 Å². The largest absolute Gasteiger partial charge is 0.361 e. The first-order valence-electron chi connectivity index (χ1n) is 8.44. The molecule has 0 amide bonds. The number of aliphatic imine (C=N–C) groups is 1. The first kappa shape index (κ1) is 16.5. The van der Waals surface area contributed by atoms with Gasteiger partial charge in [-0.3, -0.25) is 9.67 Å². The second-order valence-corrected chi connectivity index (χ2v) is 6.41. The molecule has 0 aromatic carbocycles. The van der Waals surface area contributed by atoms with Crippen molar-refractivity contribution in [1.29, 1.82) is 0 Å². The van der Waals surface area contributed by atoms with Crippen molar-refractivity contribution in [1.82, 2.24) is 25.2 Å². The molecular weight excluding hydrogens is 304 g/mol. The van der Waals surface area contributed by atoms with Crippen LogP contribution in [0, 0.1) is 13.8 Å². The van der Waals surface area contributed by atoms with Crippen molar-refractivity contribution >= 4 is 5.96 Å². The van der Waals surface area contributed by atoms with Crippen molar-refractivity contribution in [2.45, 2.75) is 32.6 Å². The van der Waals surface area contributed by atoms with Gasteiger partial charge in [-0.15, -0.1) is 0 Å². The Balaban J connectivity index is 1.54. The fourth-order valence-corrected chi connectivity index (χ4v) is 3.37. The molecule has 3 rings (SSSR count). The van der Waals surface area contributed by atoms with Crippen LogP contribution in [0.3, 0.4) is 0 Å². The van der Waals surface area contributed by atoms with Crippen LogP contribution in [0.5, 0.6) is 0 Å². The van der Waals surface area contributed by atoms with Gasteiger partial charge >= 0.3 is 0 Å². The molecule has 2 aromatic rings. The molecule has 7 nitrogen and oxygen atoms in total. The van der Waals surface area contributed by atoms with Gasteiger partial charge in [0.15, 0.2) is 5.96 Å². The number of likely N-dealkylation sites (tertiary alicyclic amines) is 1. The van der Waals surface area contributed by atoms with Crippen molar-refractivity contribution in [3.8, 4) is 0 Å². The molecule has 24 heavy (non-hydrogen) atoms. The number of aryl methyl sites for hydroxylation is 3. The SMILES string of the molecule is CN=C(NCCc1c(C)noc1C)N1CCC(c2cnn(C)c2)C1. The summed E-state index contributed by atoms with van der Waals surface area (Å²) in [5.41, 5.74) is 3.47. The third-order valence-corrected chi connectivity index (χ3v) is 4.74. The van der Waals surface area contributed by atoms with E-state index >= 15 is 0 Å². The third-order valence-electron chi connectivity index (χ3n) is 4.74. The quantitative estimate of drug-likeness (QED) is 0.681. The zero-order valence-corrected chi connectivity index (χ0v) is 14.9. The summed E-state index contributed by atoms with van der Waals surface area (Å²) >= 11 is 0. The molecule has 1 aliphatic heterocycles. The van der Waals surface area contributed by atoms with E-state index < -0.39 is 0 Å². The van der Waals surface area contributed by atoms with E-state index in [4.69, 9.17) is 4.52 Å². The zero-order chi connectivity index (χ0) is 17.1. The molecule has 130 valence electrons. The van der Waals surface area contributed by atoms with Crippen LogP contribution in [-0.4, -0.2) is 52.5 Å². The lowest BCUT2D eigenvalue weighted by Gasteiger charge is -2.21. The molecule has 0 saturated carbocycles. The van der Waals surface area contributed by atoms with Gasteiger partial charge in [0.2, 0.25) is 0 Å². The predicted molar refractivity (Wildman–Crippen MR) is 93.2 cm³/mol. The van der Waals surface area contributed by atoms with Crippen molar-refractivity contribution in [3.63, 3.8) is 0 Å². The molecule has 1 N–H and O–H groups in total. The Morgan fingerprint density at radius 3 is 2.92 bits per heavy atom. The van der Waals surface area contributed by atoms with Crippen LogP contribution < -0.4 is 5.32 Å². The number of nitrogens with zero attached hydrogens (tertiary/aromatic N) is 5. The first-order chi connectivity index (χ1) is 11.6. The summed E-state index contributed by atoms with van der Waals surface area (Å²) in [5.74, 6) is 2.40. The van der Waals surface area contributed by atoms with E-state index in [9.17, 15) is 0 Å². The van der Waals surface area contributed by atoms with Gasteiger partial charge in [-0.05, 0) is 32.3 Å². The highest BCUT2D eigenvalue weighted by Crippen LogP contribution is 2.26. The van der Waals surface area contributed by atoms with Gasteiger partial charge in [0.25, 0.3) is 0 Å². The Hall–Kier alpha value is -2.31. The number of guanidine groups is 1. The van der Waals surface area contributed by atoms with Gasteiger partial charge in [0.1, 0.15) is 5.76 Å². The molecule has 1 fully saturated rings. The fraction of sp³-hybridized carbons (Fsp3) is 0.588. The van der Waals surface area contributed by atoms with Crippen molar-refractivity contribution in [3.05, 3.63) is 35.0 Å². The number of hydrogen-bond acceptors (Lipinski definition) is 4. The topological polar surface area (TPSA) is 71.5 Å². The predicted octanol–water partition coefficient (Wildman–Crippen LogP) is 1.63. The number of nitrogens with one attached hydrogen (secondary N) is 1. The maximum atomic E-state index is 5.22. The van der Waals surface area contributed by atoms with Crippen LogP contribution >= 0.6 is 0 Å². The third kappa shape index (κ3) is 3.44. The fourth-order valence-electron chi connectivity index (χ4n) is 3.37. The summed E-state index contributed by atoms with van der Waals surface area (Å²) in [6.07, 6.45) is 6.11. The lowest BCUT2D eigenvalue weighted by molar-refractivity contribution is 0.392. The van der Waals surface area contributed by atoms with Crippen LogP contribution in [-0.2, 0) is 13.5 Å². The van der Waals surface area contributed by atoms with Crippen molar-refractivity contribution in [2.75, 3.05) is 26.7 Å². The molecule has 0 aliphatic carbocycles. The Bertz CT molecular complexity index is 697. The van der Waals surface area contributed by atoms with Crippen LogP contribution in [0.1, 0.15) is 34.9 Å². The summed E-state index contributed by atoms with van der Waals surface area (Å²) in [7, 11) is 3.81. The highest BCUT2D eigenvalue weighted by molar-refractivity contribution is 5.80. The van der Waals surface area contributed by atoms with E-state index in [1.165, 1.54) is 11.1 Å². The summed E-state index contributed by atoms with van der Waals surface area (Å²) < 4.78 is 7.09. The maximum Gasteiger partial charge on any atom is 0.193 e. The van der Waals surface area contributed by atoms with Crippen molar-refractivity contribution < 1.29 is 4.52 Å². The second kappa shape index (κ2) is 7.07. The monoisotopic (exact) mass is 330 g/mol. The van der Waals surface area contributed by atoms with E-state index in [1.807, 2.05) is 38.8 Å². The molecule has 1 atom stereocenters. The molecule has 0 bridgehead atoms. The number of aromatic nitrogens is 3. The Labute approximate surface area is 142 Å². The maximum absolute atomic E-state index is 5.22. The smallest absolute Gasteiger partial charge is 0.193 e. The molecule has 3 heterocycles. The molecular formula is C17H26N6O. The van der Waals surface area contributed by atoms with Crippen LogP contribution in [0.4, 0.5) is 0 Å². The van der Waals surface area contributed by atoms with Gasteiger partial charge in [0, 0.05) is 51.4 Å². The highest BCUT2D eigenvalue weighted by atomic mass is 16.5. The van der Waals surface area contributed by atoms with Crippen LogP contribution in [0.25, 0.3) is 0 Å². The van der Waals surface area contributed by atoms with Crippen LogP contribution in [0.15, 0.2) is 21.9 Å². The van der Waals surface area contributed by atoms with Crippen LogP contribution in [0.2, 0.25) is 0 Å². The summed E-state index contributed by atoms with van der Waals surface area (Å²) in [6, 6.07) is 0. The summed E-state index contributed by atoms with van der Waals surface area (Å²) in [4.78, 5) is 6.76. The van der Waals surface area contributed by atoms with Gasteiger partial charge in [-0.1, -0.05) is 5.16 Å². The minimum absolute atomic E-state index is 0.528. The summed E-state index contributed by atoms with van der Waals surface area (Å²) in [5, 5.41) is 11.8. The average molecular weight is 330 g/mol. The van der Waals surface area contributed by atoms with E-state index in [-0.39, 0.29) is 0 Å². The molecule has 0 spiro atoms. The zero-order valence-electron chi connectivity index (χ0n) is 14.9. The van der Waals surface area contributed by atoms with Gasteiger partial charge < -0.3 is 14.7 Å². The van der Waals surface area contributed by atoms with E-state index in [1.54, 1.807) is 0 Å². The highest BCUT2D eigenvalue weighted by Gasteiger charge is 2.26. The lowest BCUT2D eigenvalue weighted by Crippen LogP contribution is -2.40. The first-order valence-corrected chi connectivity index (χ1v) is 8.44. The molecule has 1 saturated heterocycles. The average Bonchev–Trinajstić information content (AvgIpc) is 3.27. The van der Waals surface area contributed by atoms with E-state index in [0.717, 1.165) is 49.9 Å². The number of rotatable bonds is 4. The molecule has 1 unspecified atom stereocenters. The standard InChI is InChI=1S/C17H26N6O/c1-12-16(13(2)24-21-12)5-7-19-17(18-3)23-8-6-14(11-23)15-9-20-22(4)10-15/h9-10,14H,5-8,11H2,1-4H3,(H,18,19). The Morgan fingerprint density at radius 2 is 2.29 bits per heavy atom. The minimum atomic E-state index is 0.528. The number of hydrogen-bond donors (Lipinski definition) is 1. The van der Waals surface area contributed by atoms with Gasteiger partial charge in [0.05, 0.1) is 11.9 Å². The summed E-state index contributed by atoms with van der Waals surface area (Å²) in [6.45, 7) is 6.77. The molecule has 1 aliphatic rings. The molecule has 2 aromatic heterocycles. The van der Waals surface area contributed by atoms with Gasteiger partial charge in [-0.25, -0.2) is 0 Å². The van der Waals surface area contributed by atoms with E-state index in [2.05, 4.69) is 31.7 Å². The minimum Gasteiger partial charge on any atom is -0.361 e.